The summed E-state index contributed by atoms with van der Waals surface area (Å²) in [7, 11) is 0. The molecule has 0 bridgehead atoms. The first kappa shape index (κ1) is 19.9. The fourth-order valence-corrected chi connectivity index (χ4v) is 4.33. The van der Waals surface area contributed by atoms with E-state index in [4.69, 9.17) is 5.73 Å². The number of thiophene rings is 1. The maximum absolute atomic E-state index is 13.2. The van der Waals surface area contributed by atoms with E-state index in [9.17, 15) is 8.78 Å². The van der Waals surface area contributed by atoms with Gasteiger partial charge in [-0.15, -0.1) is 11.3 Å². The lowest BCUT2D eigenvalue weighted by molar-refractivity contribution is 0.154. The lowest BCUT2D eigenvalue weighted by atomic mass is 10.0. The molecule has 4 nitrogen and oxygen atoms in total. The summed E-state index contributed by atoms with van der Waals surface area (Å²) >= 11 is 1.53. The smallest absolute Gasteiger partial charge is 0.256 e. The van der Waals surface area contributed by atoms with E-state index in [0.717, 1.165) is 33.2 Å². The molecule has 2 heterocycles. The lowest BCUT2D eigenvalue weighted by Crippen LogP contribution is -2.41. The molecule has 3 N–H and O–H groups in total. The summed E-state index contributed by atoms with van der Waals surface area (Å²) in [4.78, 5) is 4.73. The zero-order chi connectivity index (χ0) is 18.7. The van der Waals surface area contributed by atoms with E-state index in [0.29, 0.717) is 31.4 Å². The van der Waals surface area contributed by atoms with E-state index >= 15 is 0 Å². The minimum Gasteiger partial charge on any atom is -0.329 e. The molecule has 0 aliphatic carbocycles. The van der Waals surface area contributed by atoms with Crippen LogP contribution in [-0.2, 0) is 6.54 Å². The summed E-state index contributed by atoms with van der Waals surface area (Å²) in [6, 6.07) is 0. The number of anilines is 1. The number of hydrogen-bond acceptors (Lipinski definition) is 5. The maximum atomic E-state index is 13.2. The van der Waals surface area contributed by atoms with Gasteiger partial charge in [0.25, 0.3) is 6.43 Å². The second-order valence-corrected chi connectivity index (χ2v) is 7.75. The molecule has 140 valence electrons. The van der Waals surface area contributed by atoms with Gasteiger partial charge in [0.1, 0.15) is 10.8 Å². The summed E-state index contributed by atoms with van der Waals surface area (Å²) in [5.41, 5.74) is 8.43. The van der Waals surface area contributed by atoms with Crippen LogP contribution in [0.2, 0.25) is 0 Å². The molecule has 7 heteroatoms. The Bertz CT molecular complexity index is 639. The molecule has 0 saturated heterocycles. The molecule has 0 unspecified atom stereocenters. The lowest BCUT2D eigenvalue weighted by Gasteiger charge is -2.41. The van der Waals surface area contributed by atoms with E-state index in [1.54, 1.807) is 4.90 Å². The SMILES string of the molecule is C=C1c2c(sc(CNCCN)c2C)N(CC(F)F)C(=C)N1CC(C)C. The third kappa shape index (κ3) is 4.22. The molecular weight excluding hydrogens is 342 g/mol. The molecule has 0 aromatic carbocycles. The third-order valence-corrected chi connectivity index (χ3v) is 5.50. The van der Waals surface area contributed by atoms with Gasteiger partial charge in [-0.3, -0.25) is 0 Å². The Morgan fingerprint density at radius 2 is 1.88 bits per heavy atom. The fourth-order valence-electron chi connectivity index (χ4n) is 3.01. The highest BCUT2D eigenvalue weighted by atomic mass is 32.1. The Hall–Kier alpha value is -1.44. The second-order valence-electron chi connectivity index (χ2n) is 6.66. The standard InChI is InChI=1S/C18H28F2N4S/c1-11(2)9-23-13(4)17-12(3)15(8-22-7-6-21)25-18(17)24(14(23)5)10-16(19)20/h11,16,22H,4-10,21H2,1-3H3. The van der Waals surface area contributed by atoms with E-state index in [2.05, 4.69) is 32.3 Å². The minimum atomic E-state index is -2.43. The van der Waals surface area contributed by atoms with Crippen molar-refractivity contribution in [2.24, 2.45) is 11.7 Å². The fraction of sp³-hybridized carbons (Fsp3) is 0.556. The van der Waals surface area contributed by atoms with Gasteiger partial charge in [0.05, 0.1) is 6.54 Å². The summed E-state index contributed by atoms with van der Waals surface area (Å²) in [6.07, 6.45) is -2.43. The quantitative estimate of drug-likeness (QED) is 0.687. The van der Waals surface area contributed by atoms with Crippen LogP contribution in [0.15, 0.2) is 19.0 Å². The van der Waals surface area contributed by atoms with Crippen molar-refractivity contribution in [3.8, 4) is 0 Å². The first-order chi connectivity index (χ1) is 11.8. The number of nitrogens with zero attached hydrogens (tertiary/aromatic N) is 2. The Morgan fingerprint density at radius 3 is 2.44 bits per heavy atom. The molecular formula is C18H28F2N4S. The Balaban J connectivity index is 2.43. The van der Waals surface area contributed by atoms with Gasteiger partial charge in [-0.1, -0.05) is 27.0 Å². The molecule has 0 amide bonds. The predicted molar refractivity (Wildman–Crippen MR) is 103 cm³/mol. The minimum absolute atomic E-state index is 0.358. The van der Waals surface area contributed by atoms with Crippen molar-refractivity contribution >= 4 is 22.0 Å². The van der Waals surface area contributed by atoms with Gasteiger partial charge in [0, 0.05) is 42.3 Å². The van der Waals surface area contributed by atoms with E-state index in [1.165, 1.54) is 11.3 Å². The molecule has 1 aliphatic rings. The highest BCUT2D eigenvalue weighted by molar-refractivity contribution is 7.16. The first-order valence-electron chi connectivity index (χ1n) is 8.52. The second kappa shape index (κ2) is 8.29. The number of halogens is 2. The van der Waals surface area contributed by atoms with Crippen LogP contribution in [0.4, 0.5) is 13.8 Å². The Labute approximate surface area is 153 Å². The van der Waals surface area contributed by atoms with Crippen molar-refractivity contribution in [3.63, 3.8) is 0 Å². The van der Waals surface area contributed by atoms with Gasteiger partial charge in [0.15, 0.2) is 0 Å². The highest BCUT2D eigenvalue weighted by Crippen LogP contribution is 2.47. The zero-order valence-electron chi connectivity index (χ0n) is 15.2. The van der Waals surface area contributed by atoms with E-state index in [1.807, 2.05) is 11.8 Å². The monoisotopic (exact) mass is 370 g/mol. The summed E-state index contributed by atoms with van der Waals surface area (Å²) in [6.45, 7) is 16.8. The van der Waals surface area contributed by atoms with Crippen molar-refractivity contribution in [1.29, 1.82) is 0 Å². The average molecular weight is 371 g/mol. The van der Waals surface area contributed by atoms with Crippen LogP contribution in [0.5, 0.6) is 0 Å². The van der Waals surface area contributed by atoms with Crippen LogP contribution in [0.25, 0.3) is 5.70 Å². The largest absolute Gasteiger partial charge is 0.329 e. The molecule has 1 aliphatic heterocycles. The van der Waals surface area contributed by atoms with Gasteiger partial charge in [-0.05, 0) is 18.4 Å². The zero-order valence-corrected chi connectivity index (χ0v) is 16.1. The van der Waals surface area contributed by atoms with Crippen molar-refractivity contribution in [3.05, 3.63) is 35.0 Å². The molecule has 1 aromatic heterocycles. The van der Waals surface area contributed by atoms with Crippen LogP contribution in [0.1, 0.15) is 29.9 Å². The van der Waals surface area contributed by atoms with Gasteiger partial charge >= 0.3 is 0 Å². The number of nitrogens with two attached hydrogens (primary N) is 1. The van der Waals surface area contributed by atoms with Crippen molar-refractivity contribution in [2.75, 3.05) is 31.1 Å². The van der Waals surface area contributed by atoms with Crippen molar-refractivity contribution < 1.29 is 8.78 Å². The van der Waals surface area contributed by atoms with Crippen molar-refractivity contribution in [2.45, 2.75) is 33.7 Å². The van der Waals surface area contributed by atoms with Crippen LogP contribution < -0.4 is 16.0 Å². The molecule has 25 heavy (non-hydrogen) atoms. The van der Waals surface area contributed by atoms with Gasteiger partial charge in [-0.2, -0.15) is 0 Å². The van der Waals surface area contributed by atoms with E-state index in [-0.39, 0.29) is 6.54 Å². The molecule has 0 atom stereocenters. The molecule has 1 aromatic rings. The summed E-state index contributed by atoms with van der Waals surface area (Å²) in [5.74, 6) is 0.947. The molecule has 0 radical (unpaired) electrons. The normalized spacial score (nSPS) is 14.9. The van der Waals surface area contributed by atoms with Gasteiger partial charge < -0.3 is 20.9 Å². The average Bonchev–Trinajstić information content (AvgIpc) is 2.85. The Morgan fingerprint density at radius 1 is 1.20 bits per heavy atom. The first-order valence-corrected chi connectivity index (χ1v) is 9.34. The molecule has 0 spiro atoms. The number of rotatable bonds is 8. The maximum Gasteiger partial charge on any atom is 0.256 e. The topological polar surface area (TPSA) is 44.5 Å². The predicted octanol–water partition coefficient (Wildman–Crippen LogP) is 3.59. The molecule has 0 fully saturated rings. The van der Waals surface area contributed by atoms with Crippen LogP contribution >= 0.6 is 11.3 Å². The number of hydrogen-bond donors (Lipinski definition) is 2. The highest BCUT2D eigenvalue weighted by Gasteiger charge is 2.34. The Kier molecular flexibility index (Phi) is 6.59. The number of fused-ring (bicyclic) bond motifs is 1. The van der Waals surface area contributed by atoms with Crippen molar-refractivity contribution in [1.82, 2.24) is 10.2 Å². The number of alkyl halides is 2. The van der Waals surface area contributed by atoms with Gasteiger partial charge in [0.2, 0.25) is 0 Å². The van der Waals surface area contributed by atoms with E-state index < -0.39 is 6.43 Å². The van der Waals surface area contributed by atoms with Crippen LogP contribution in [-0.4, -0.2) is 37.5 Å². The summed E-state index contributed by atoms with van der Waals surface area (Å²) in [5, 5.41) is 4.10. The molecule has 0 saturated carbocycles. The van der Waals surface area contributed by atoms with Gasteiger partial charge in [-0.25, -0.2) is 8.78 Å². The van der Waals surface area contributed by atoms with Crippen LogP contribution in [0, 0.1) is 12.8 Å². The number of nitrogens with one attached hydrogen (secondary N) is 1. The summed E-state index contributed by atoms with van der Waals surface area (Å²) < 4.78 is 26.4. The van der Waals surface area contributed by atoms with Crippen LogP contribution in [0.3, 0.4) is 0 Å². The molecule has 2 rings (SSSR count). The third-order valence-electron chi connectivity index (χ3n) is 4.18.